The Labute approximate surface area is 210 Å². The normalized spacial score (nSPS) is 16.9. The van der Waals surface area contributed by atoms with Crippen molar-refractivity contribution in [1.82, 2.24) is 0 Å². The zero-order valence-electron chi connectivity index (χ0n) is 19.4. The number of hydrogen-bond acceptors (Lipinski definition) is 3. The molecule has 4 aromatic rings. The van der Waals surface area contributed by atoms with Gasteiger partial charge in [-0.2, -0.15) is 5.10 Å². The Balaban J connectivity index is 1.44. The standard InChI is InChI=1S/C30H28BrN3/c1-30(2)28(23-9-5-3-6-10-23)33-34(29(30)24-11-7-4-8-12-24)27-19-13-22(14-20-27)21-32-26-17-15-25(31)16-18-26/h3-20,29,32H,21H2,1-2H3. The second-order valence-corrected chi connectivity index (χ2v) is 10.1. The molecule has 5 rings (SSSR count). The molecule has 0 fully saturated rings. The van der Waals surface area contributed by atoms with E-state index in [1.165, 1.54) is 16.7 Å². The number of hydrazone groups is 1. The molecule has 4 aromatic carbocycles. The highest BCUT2D eigenvalue weighted by Gasteiger charge is 2.45. The van der Waals surface area contributed by atoms with Gasteiger partial charge in [0.2, 0.25) is 0 Å². The van der Waals surface area contributed by atoms with Crippen molar-refractivity contribution < 1.29 is 0 Å². The van der Waals surface area contributed by atoms with Gasteiger partial charge in [0, 0.05) is 22.1 Å². The van der Waals surface area contributed by atoms with Crippen molar-refractivity contribution in [2.45, 2.75) is 26.4 Å². The van der Waals surface area contributed by atoms with Gasteiger partial charge >= 0.3 is 0 Å². The predicted octanol–water partition coefficient (Wildman–Crippen LogP) is 8.05. The smallest absolute Gasteiger partial charge is 0.0882 e. The van der Waals surface area contributed by atoms with Gasteiger partial charge in [-0.3, -0.25) is 5.01 Å². The van der Waals surface area contributed by atoms with Crippen molar-refractivity contribution in [2.75, 3.05) is 10.3 Å². The van der Waals surface area contributed by atoms with Gasteiger partial charge in [-0.1, -0.05) is 103 Å². The Hall–Kier alpha value is -3.37. The van der Waals surface area contributed by atoms with Gasteiger partial charge in [-0.05, 0) is 53.1 Å². The molecule has 1 N–H and O–H groups in total. The number of benzene rings is 4. The maximum Gasteiger partial charge on any atom is 0.0882 e. The van der Waals surface area contributed by atoms with Gasteiger partial charge in [-0.25, -0.2) is 0 Å². The van der Waals surface area contributed by atoms with Crippen LogP contribution in [-0.4, -0.2) is 5.71 Å². The Bertz CT molecular complexity index is 1260. The van der Waals surface area contributed by atoms with Crippen LogP contribution >= 0.6 is 15.9 Å². The van der Waals surface area contributed by atoms with E-state index in [-0.39, 0.29) is 11.5 Å². The Morgan fingerprint density at radius 1 is 0.794 bits per heavy atom. The van der Waals surface area contributed by atoms with Crippen LogP contribution in [0, 0.1) is 5.41 Å². The summed E-state index contributed by atoms with van der Waals surface area (Å²) in [5.74, 6) is 0. The average molecular weight is 510 g/mol. The van der Waals surface area contributed by atoms with Crippen molar-refractivity contribution in [1.29, 1.82) is 0 Å². The van der Waals surface area contributed by atoms with Crippen LogP contribution in [0.15, 0.2) is 119 Å². The number of nitrogens with zero attached hydrogens (tertiary/aromatic N) is 2. The Morgan fingerprint density at radius 2 is 1.41 bits per heavy atom. The SMILES string of the molecule is CC1(C)C(c2ccccc2)=NN(c2ccc(CNc3ccc(Br)cc3)cc2)C1c1ccccc1. The molecule has 1 aliphatic rings. The third-order valence-electron chi connectivity index (χ3n) is 6.45. The Kier molecular flexibility index (Phi) is 6.25. The summed E-state index contributed by atoms with van der Waals surface area (Å²) in [5, 5.41) is 10.9. The minimum Gasteiger partial charge on any atom is -0.381 e. The lowest BCUT2D eigenvalue weighted by Gasteiger charge is -2.33. The first kappa shape index (κ1) is 22.4. The molecule has 0 aliphatic carbocycles. The molecule has 0 spiro atoms. The monoisotopic (exact) mass is 509 g/mol. The summed E-state index contributed by atoms with van der Waals surface area (Å²) >= 11 is 3.49. The lowest BCUT2D eigenvalue weighted by Crippen LogP contribution is -2.32. The van der Waals surface area contributed by atoms with Crippen molar-refractivity contribution in [2.24, 2.45) is 10.5 Å². The quantitative estimate of drug-likeness (QED) is 0.284. The van der Waals surface area contributed by atoms with Crippen LogP contribution in [0.2, 0.25) is 0 Å². The number of nitrogens with one attached hydrogen (secondary N) is 1. The van der Waals surface area contributed by atoms with E-state index in [0.717, 1.165) is 28.1 Å². The molecular formula is C30H28BrN3. The summed E-state index contributed by atoms with van der Waals surface area (Å²) in [7, 11) is 0. The molecule has 1 aliphatic heterocycles. The summed E-state index contributed by atoms with van der Waals surface area (Å²) in [6.45, 7) is 5.37. The largest absolute Gasteiger partial charge is 0.381 e. The number of rotatable bonds is 6. The van der Waals surface area contributed by atoms with E-state index in [1.54, 1.807) is 0 Å². The molecule has 1 unspecified atom stereocenters. The highest BCUT2D eigenvalue weighted by molar-refractivity contribution is 9.10. The van der Waals surface area contributed by atoms with E-state index in [0.29, 0.717) is 0 Å². The molecule has 0 aromatic heterocycles. The van der Waals surface area contributed by atoms with E-state index in [4.69, 9.17) is 5.10 Å². The van der Waals surface area contributed by atoms with E-state index >= 15 is 0 Å². The van der Waals surface area contributed by atoms with Crippen LogP contribution in [-0.2, 0) is 6.54 Å². The predicted molar refractivity (Wildman–Crippen MR) is 146 cm³/mol. The van der Waals surface area contributed by atoms with E-state index in [9.17, 15) is 0 Å². The maximum atomic E-state index is 5.20. The van der Waals surface area contributed by atoms with Gasteiger partial charge in [0.1, 0.15) is 0 Å². The summed E-state index contributed by atoms with van der Waals surface area (Å²) in [6, 6.07) is 38.3. The fourth-order valence-corrected chi connectivity index (χ4v) is 4.96. The highest BCUT2D eigenvalue weighted by atomic mass is 79.9. The molecule has 0 bridgehead atoms. The molecule has 0 saturated carbocycles. The average Bonchev–Trinajstić information content (AvgIpc) is 3.16. The lowest BCUT2D eigenvalue weighted by atomic mass is 9.75. The zero-order chi connectivity index (χ0) is 23.5. The third kappa shape index (κ3) is 4.51. The van der Waals surface area contributed by atoms with Gasteiger partial charge in [0.25, 0.3) is 0 Å². The Morgan fingerprint density at radius 3 is 2.06 bits per heavy atom. The highest BCUT2D eigenvalue weighted by Crippen LogP contribution is 2.48. The molecule has 0 saturated heterocycles. The second-order valence-electron chi connectivity index (χ2n) is 9.22. The van der Waals surface area contributed by atoms with Gasteiger partial charge in [0.05, 0.1) is 17.4 Å². The van der Waals surface area contributed by atoms with Crippen molar-refractivity contribution in [3.8, 4) is 0 Å². The van der Waals surface area contributed by atoms with Crippen LogP contribution in [0.4, 0.5) is 11.4 Å². The molecule has 0 amide bonds. The zero-order valence-corrected chi connectivity index (χ0v) is 21.0. The molecule has 4 heteroatoms. The summed E-state index contributed by atoms with van der Waals surface area (Å²) in [5.41, 5.74) is 6.82. The molecule has 170 valence electrons. The maximum absolute atomic E-state index is 5.20. The first-order valence-corrected chi connectivity index (χ1v) is 12.4. The van der Waals surface area contributed by atoms with Crippen molar-refractivity contribution in [3.05, 3.63) is 130 Å². The molecule has 1 atom stereocenters. The van der Waals surface area contributed by atoms with Crippen LogP contribution < -0.4 is 10.3 Å². The van der Waals surface area contributed by atoms with Gasteiger partial charge in [-0.15, -0.1) is 0 Å². The van der Waals surface area contributed by atoms with Crippen LogP contribution in [0.25, 0.3) is 0 Å². The molecule has 1 heterocycles. The number of hydrogen-bond donors (Lipinski definition) is 1. The van der Waals surface area contributed by atoms with E-state index in [1.807, 2.05) is 12.1 Å². The van der Waals surface area contributed by atoms with Crippen LogP contribution in [0.1, 0.15) is 36.6 Å². The van der Waals surface area contributed by atoms with Crippen molar-refractivity contribution >= 4 is 33.0 Å². The lowest BCUT2D eigenvalue weighted by molar-refractivity contribution is 0.425. The molecular weight excluding hydrogens is 482 g/mol. The van der Waals surface area contributed by atoms with Gasteiger partial charge < -0.3 is 5.32 Å². The van der Waals surface area contributed by atoms with Gasteiger partial charge in [0.15, 0.2) is 0 Å². The third-order valence-corrected chi connectivity index (χ3v) is 6.98. The topological polar surface area (TPSA) is 27.6 Å². The van der Waals surface area contributed by atoms with Crippen LogP contribution in [0.3, 0.4) is 0 Å². The molecule has 3 nitrogen and oxygen atoms in total. The second kappa shape index (κ2) is 9.47. The number of halogens is 1. The number of anilines is 2. The minimum atomic E-state index is -0.162. The molecule has 34 heavy (non-hydrogen) atoms. The fraction of sp³-hybridized carbons (Fsp3) is 0.167. The van der Waals surface area contributed by atoms with Crippen molar-refractivity contribution in [3.63, 3.8) is 0 Å². The summed E-state index contributed by atoms with van der Waals surface area (Å²) in [4.78, 5) is 0. The molecule has 0 radical (unpaired) electrons. The van der Waals surface area contributed by atoms with Crippen LogP contribution in [0.5, 0.6) is 0 Å². The first-order chi connectivity index (χ1) is 16.5. The van der Waals surface area contributed by atoms with E-state index < -0.39 is 0 Å². The fourth-order valence-electron chi connectivity index (χ4n) is 4.69. The van der Waals surface area contributed by atoms with E-state index in [2.05, 4.69) is 137 Å². The minimum absolute atomic E-state index is 0.107. The summed E-state index contributed by atoms with van der Waals surface area (Å²) < 4.78 is 1.08. The first-order valence-electron chi connectivity index (χ1n) is 11.6. The summed E-state index contributed by atoms with van der Waals surface area (Å²) in [6.07, 6.45) is 0.